The molecule has 0 aromatic heterocycles. The van der Waals surface area contributed by atoms with Crippen molar-refractivity contribution in [3.63, 3.8) is 0 Å². The number of nitrogens with zero attached hydrogens (tertiary/aromatic N) is 2. The third kappa shape index (κ3) is 4.28. The summed E-state index contributed by atoms with van der Waals surface area (Å²) in [4.78, 5) is 27.7. The largest absolute Gasteiger partial charge is 0.394 e. The summed E-state index contributed by atoms with van der Waals surface area (Å²) in [6, 6.07) is 8.10. The highest BCUT2D eigenvalue weighted by molar-refractivity contribution is 5.79. The van der Waals surface area contributed by atoms with Crippen molar-refractivity contribution in [1.29, 1.82) is 0 Å². The number of allylic oxidation sites excluding steroid dienone is 2. The molecule has 3 rings (SSSR count). The van der Waals surface area contributed by atoms with Gasteiger partial charge in [0.05, 0.1) is 25.2 Å². The van der Waals surface area contributed by atoms with Crippen molar-refractivity contribution in [3.05, 3.63) is 41.5 Å². The second-order valence-electron chi connectivity index (χ2n) is 8.05. The molecule has 1 saturated heterocycles. The number of likely N-dealkylation sites (tertiary alicyclic amines) is 1. The Balaban J connectivity index is 1.75. The molecule has 2 aliphatic rings. The number of aliphatic hydroxyl groups excluding tert-OH is 1. The van der Waals surface area contributed by atoms with Gasteiger partial charge in [0.2, 0.25) is 11.8 Å². The highest BCUT2D eigenvalue weighted by Crippen LogP contribution is 2.41. The number of carbonyl (C=O) groups excluding carboxylic acids is 2. The number of hydrogen-bond donors (Lipinski definition) is 2. The molecule has 0 unspecified atom stereocenters. The van der Waals surface area contributed by atoms with Crippen LogP contribution in [0.3, 0.4) is 0 Å². The number of aliphatic hydroxyl groups is 1. The number of benzene rings is 1. The lowest BCUT2D eigenvalue weighted by Crippen LogP contribution is -2.68. The molecule has 6 nitrogen and oxygen atoms in total. The standard InChI is InChI=1S/C22H31N3O3/c1-15(27)25-19(12-23-21(28)13-24(2)3)22(20(25)14-26)18-10-8-17(9-11-18)16-6-4-5-7-16/h6,8-11,19-20,22,26H,4-5,7,12-14H2,1-3H3,(H,23,28)/t19-,20+,22+/m0/s1. The molecule has 6 heteroatoms. The van der Waals surface area contributed by atoms with E-state index >= 15 is 0 Å². The van der Waals surface area contributed by atoms with Crippen LogP contribution in [0.1, 0.15) is 43.2 Å². The van der Waals surface area contributed by atoms with E-state index in [0.29, 0.717) is 13.1 Å². The molecule has 0 saturated carbocycles. The first-order valence-corrected chi connectivity index (χ1v) is 10.0. The first-order valence-electron chi connectivity index (χ1n) is 10.0. The molecule has 0 spiro atoms. The van der Waals surface area contributed by atoms with Gasteiger partial charge >= 0.3 is 0 Å². The first-order chi connectivity index (χ1) is 13.4. The van der Waals surface area contributed by atoms with E-state index in [-0.39, 0.29) is 36.4 Å². The number of hydrogen-bond acceptors (Lipinski definition) is 4. The van der Waals surface area contributed by atoms with Gasteiger partial charge in [-0.1, -0.05) is 30.3 Å². The van der Waals surface area contributed by atoms with Crippen LogP contribution in [0.25, 0.3) is 5.57 Å². The van der Waals surface area contributed by atoms with E-state index < -0.39 is 0 Å². The zero-order chi connectivity index (χ0) is 20.3. The third-order valence-corrected chi connectivity index (χ3v) is 5.77. The van der Waals surface area contributed by atoms with Crippen molar-refractivity contribution >= 4 is 17.4 Å². The second-order valence-corrected chi connectivity index (χ2v) is 8.05. The molecule has 152 valence electrons. The van der Waals surface area contributed by atoms with Gasteiger partial charge in [0.1, 0.15) is 0 Å². The van der Waals surface area contributed by atoms with Gasteiger partial charge in [-0.3, -0.25) is 9.59 Å². The average molecular weight is 386 g/mol. The molecule has 1 fully saturated rings. The summed E-state index contributed by atoms with van der Waals surface area (Å²) in [5.41, 5.74) is 3.75. The Morgan fingerprint density at radius 2 is 1.93 bits per heavy atom. The maximum atomic E-state index is 12.1. The Kier molecular flexibility index (Phi) is 6.52. The zero-order valence-corrected chi connectivity index (χ0v) is 17.0. The number of nitrogens with one attached hydrogen (secondary N) is 1. The van der Waals surface area contributed by atoms with Crippen molar-refractivity contribution in [2.24, 2.45) is 0 Å². The summed E-state index contributed by atoms with van der Waals surface area (Å²) in [6.45, 7) is 2.13. The fourth-order valence-electron chi connectivity index (χ4n) is 4.50. The number of likely N-dealkylation sites (N-methyl/N-ethyl adjacent to an activating group) is 1. The monoisotopic (exact) mass is 385 g/mol. The van der Waals surface area contributed by atoms with E-state index in [4.69, 9.17) is 0 Å². The molecule has 1 aromatic rings. The fraction of sp³-hybridized carbons (Fsp3) is 0.545. The average Bonchev–Trinajstić information content (AvgIpc) is 3.15. The highest BCUT2D eigenvalue weighted by atomic mass is 16.3. The van der Waals surface area contributed by atoms with E-state index in [2.05, 4.69) is 35.7 Å². The van der Waals surface area contributed by atoms with E-state index in [9.17, 15) is 14.7 Å². The second kappa shape index (κ2) is 8.88. The van der Waals surface area contributed by atoms with Gasteiger partial charge in [-0.2, -0.15) is 0 Å². The topological polar surface area (TPSA) is 72.9 Å². The normalized spacial score (nSPS) is 24.1. The predicted molar refractivity (Wildman–Crippen MR) is 110 cm³/mol. The van der Waals surface area contributed by atoms with Crippen LogP contribution < -0.4 is 5.32 Å². The smallest absolute Gasteiger partial charge is 0.234 e. The van der Waals surface area contributed by atoms with Gasteiger partial charge in [0, 0.05) is 19.4 Å². The summed E-state index contributed by atoms with van der Waals surface area (Å²) in [5, 5.41) is 12.8. The van der Waals surface area contributed by atoms with Crippen LogP contribution in [0.2, 0.25) is 0 Å². The van der Waals surface area contributed by atoms with Crippen LogP contribution in [0.15, 0.2) is 30.3 Å². The quantitative estimate of drug-likeness (QED) is 0.748. The summed E-state index contributed by atoms with van der Waals surface area (Å²) in [5.74, 6) is -0.127. The summed E-state index contributed by atoms with van der Waals surface area (Å²) in [6.07, 6.45) is 5.79. The first kappa shape index (κ1) is 20.6. The molecule has 28 heavy (non-hydrogen) atoms. The van der Waals surface area contributed by atoms with E-state index in [0.717, 1.165) is 18.4 Å². The van der Waals surface area contributed by atoms with Gasteiger partial charge in [-0.25, -0.2) is 0 Å². The van der Waals surface area contributed by atoms with Crippen LogP contribution in [-0.2, 0) is 9.59 Å². The zero-order valence-electron chi connectivity index (χ0n) is 17.0. The summed E-state index contributed by atoms with van der Waals surface area (Å²) in [7, 11) is 3.69. The van der Waals surface area contributed by atoms with Gasteiger partial charge in [-0.15, -0.1) is 0 Å². The lowest BCUT2D eigenvalue weighted by atomic mass is 9.74. The van der Waals surface area contributed by atoms with Crippen molar-refractivity contribution < 1.29 is 14.7 Å². The minimum Gasteiger partial charge on any atom is -0.394 e. The Morgan fingerprint density at radius 3 is 2.46 bits per heavy atom. The molecule has 1 heterocycles. The molecular weight excluding hydrogens is 354 g/mol. The lowest BCUT2D eigenvalue weighted by Gasteiger charge is -2.54. The van der Waals surface area contributed by atoms with Crippen LogP contribution in [-0.4, -0.2) is 72.6 Å². The number of carbonyl (C=O) groups is 2. The van der Waals surface area contributed by atoms with Crippen LogP contribution >= 0.6 is 0 Å². The highest BCUT2D eigenvalue weighted by Gasteiger charge is 2.49. The summed E-state index contributed by atoms with van der Waals surface area (Å²) >= 11 is 0. The van der Waals surface area contributed by atoms with Crippen LogP contribution in [0.5, 0.6) is 0 Å². The van der Waals surface area contributed by atoms with Gasteiger partial charge < -0.3 is 20.2 Å². The lowest BCUT2D eigenvalue weighted by molar-refractivity contribution is -0.148. The minimum atomic E-state index is -0.246. The number of rotatable bonds is 7. The van der Waals surface area contributed by atoms with Crippen molar-refractivity contribution in [2.75, 3.05) is 33.8 Å². The van der Waals surface area contributed by atoms with E-state index in [1.165, 1.54) is 24.5 Å². The van der Waals surface area contributed by atoms with Crippen molar-refractivity contribution in [2.45, 2.75) is 44.2 Å². The Bertz CT molecular complexity index is 742. The maximum absolute atomic E-state index is 12.1. The Hall–Kier alpha value is -2.18. The van der Waals surface area contributed by atoms with E-state index in [1.807, 2.05) is 19.0 Å². The SMILES string of the molecule is CC(=O)N1[C@H](CO)[C@H](c2ccc(C3=CCCC3)cc2)[C@@H]1CNC(=O)CN(C)C. The third-order valence-electron chi connectivity index (χ3n) is 5.77. The minimum absolute atomic E-state index is 0.0140. The number of amides is 2. The molecule has 0 bridgehead atoms. The molecule has 1 aliphatic carbocycles. The van der Waals surface area contributed by atoms with Gasteiger partial charge in [0.15, 0.2) is 0 Å². The van der Waals surface area contributed by atoms with Crippen LogP contribution in [0, 0.1) is 0 Å². The maximum Gasteiger partial charge on any atom is 0.234 e. The molecule has 1 aromatic carbocycles. The van der Waals surface area contributed by atoms with Crippen molar-refractivity contribution in [3.8, 4) is 0 Å². The van der Waals surface area contributed by atoms with Crippen molar-refractivity contribution in [1.82, 2.24) is 15.1 Å². The van der Waals surface area contributed by atoms with Crippen LogP contribution in [0.4, 0.5) is 0 Å². The molecule has 1 aliphatic heterocycles. The van der Waals surface area contributed by atoms with E-state index in [1.54, 1.807) is 4.90 Å². The Morgan fingerprint density at radius 1 is 1.21 bits per heavy atom. The van der Waals surface area contributed by atoms with Gasteiger partial charge in [-0.05, 0) is 50.1 Å². The molecular formula is C22H31N3O3. The molecule has 0 radical (unpaired) electrons. The fourth-order valence-corrected chi connectivity index (χ4v) is 4.50. The molecule has 3 atom stereocenters. The molecule has 2 amide bonds. The Labute approximate surface area is 167 Å². The summed E-state index contributed by atoms with van der Waals surface area (Å²) < 4.78 is 0. The predicted octanol–water partition coefficient (Wildman–Crippen LogP) is 1.61. The van der Waals surface area contributed by atoms with Gasteiger partial charge in [0.25, 0.3) is 0 Å². The molecule has 2 N–H and O–H groups in total.